The second kappa shape index (κ2) is 8.93. The molecule has 0 aromatic heterocycles. The highest BCUT2D eigenvalue weighted by Gasteiger charge is 2.01. The topological polar surface area (TPSA) is 93.5 Å². The Hall–Kier alpha value is -2.08. The molecule has 1 aromatic rings. The van der Waals surface area contributed by atoms with Crippen LogP contribution < -0.4 is 16.5 Å². The predicted octanol–water partition coefficient (Wildman–Crippen LogP) is 1.07. The van der Waals surface area contributed by atoms with E-state index >= 15 is 0 Å². The maximum Gasteiger partial charge on any atom is 0.312 e. The standard InChI is InChI=1S/C13H19N3O3/c14-13(18)15-9-5-4-8-12(17)16-19-10-11-6-2-1-3-7-11/h1-3,6-7H,4-5,8-10H2,(H,16,17)(H3,14,15,18). The van der Waals surface area contributed by atoms with E-state index in [0.29, 0.717) is 32.4 Å². The van der Waals surface area contributed by atoms with Crippen LogP contribution in [0.5, 0.6) is 0 Å². The van der Waals surface area contributed by atoms with Gasteiger partial charge in [-0.2, -0.15) is 0 Å². The lowest BCUT2D eigenvalue weighted by atomic mass is 10.2. The first kappa shape index (κ1) is 15.0. The predicted molar refractivity (Wildman–Crippen MR) is 70.8 cm³/mol. The van der Waals surface area contributed by atoms with Crippen LogP contribution in [0.15, 0.2) is 30.3 Å². The molecule has 0 aliphatic rings. The number of nitrogens with one attached hydrogen (secondary N) is 2. The summed E-state index contributed by atoms with van der Waals surface area (Å²) in [7, 11) is 0. The van der Waals surface area contributed by atoms with Gasteiger partial charge in [0.2, 0.25) is 5.91 Å². The van der Waals surface area contributed by atoms with Crippen molar-refractivity contribution in [3.63, 3.8) is 0 Å². The maximum atomic E-state index is 11.4. The number of rotatable bonds is 8. The summed E-state index contributed by atoms with van der Waals surface area (Å²) in [6.45, 7) is 0.823. The number of nitrogens with two attached hydrogens (primary N) is 1. The molecular weight excluding hydrogens is 246 g/mol. The van der Waals surface area contributed by atoms with Gasteiger partial charge in [0.1, 0.15) is 0 Å². The van der Waals surface area contributed by atoms with Crippen molar-refractivity contribution < 1.29 is 14.4 Å². The van der Waals surface area contributed by atoms with E-state index in [1.807, 2.05) is 30.3 Å². The van der Waals surface area contributed by atoms with Crippen LogP contribution >= 0.6 is 0 Å². The third kappa shape index (κ3) is 7.77. The van der Waals surface area contributed by atoms with Gasteiger partial charge in [-0.15, -0.1) is 0 Å². The molecule has 0 atom stereocenters. The molecule has 19 heavy (non-hydrogen) atoms. The second-order valence-corrected chi connectivity index (χ2v) is 4.05. The molecule has 1 rings (SSSR count). The molecule has 0 aliphatic heterocycles. The van der Waals surface area contributed by atoms with Crippen molar-refractivity contribution in [3.8, 4) is 0 Å². The number of amides is 3. The van der Waals surface area contributed by atoms with E-state index in [2.05, 4.69) is 10.8 Å². The van der Waals surface area contributed by atoms with Crippen molar-refractivity contribution in [2.75, 3.05) is 6.54 Å². The summed E-state index contributed by atoms with van der Waals surface area (Å²) in [5.41, 5.74) is 8.28. The number of carbonyl (C=O) groups excluding carboxylic acids is 2. The molecular formula is C13H19N3O3. The van der Waals surface area contributed by atoms with Crippen molar-refractivity contribution in [2.24, 2.45) is 5.73 Å². The third-order valence-corrected chi connectivity index (χ3v) is 2.40. The number of hydroxylamine groups is 1. The Kier molecular flexibility index (Phi) is 7.04. The number of unbranched alkanes of at least 4 members (excludes halogenated alkanes) is 1. The normalized spacial score (nSPS) is 9.89. The maximum absolute atomic E-state index is 11.4. The second-order valence-electron chi connectivity index (χ2n) is 4.05. The molecule has 0 unspecified atom stereocenters. The zero-order chi connectivity index (χ0) is 13.9. The zero-order valence-corrected chi connectivity index (χ0v) is 10.7. The Bertz CT molecular complexity index is 395. The number of primary amides is 1. The van der Waals surface area contributed by atoms with E-state index in [4.69, 9.17) is 10.6 Å². The van der Waals surface area contributed by atoms with E-state index in [-0.39, 0.29) is 5.91 Å². The number of hydrogen-bond donors (Lipinski definition) is 3. The molecule has 0 saturated heterocycles. The average Bonchev–Trinajstić information content (AvgIpc) is 2.39. The molecule has 6 nitrogen and oxygen atoms in total. The van der Waals surface area contributed by atoms with Crippen molar-refractivity contribution >= 4 is 11.9 Å². The minimum Gasteiger partial charge on any atom is -0.352 e. The number of urea groups is 1. The smallest absolute Gasteiger partial charge is 0.312 e. The Labute approximate surface area is 112 Å². The van der Waals surface area contributed by atoms with Gasteiger partial charge in [-0.1, -0.05) is 30.3 Å². The third-order valence-electron chi connectivity index (χ3n) is 2.40. The lowest BCUT2D eigenvalue weighted by Crippen LogP contribution is -2.30. The van der Waals surface area contributed by atoms with Gasteiger partial charge in [0, 0.05) is 13.0 Å². The Morgan fingerprint density at radius 2 is 1.89 bits per heavy atom. The van der Waals surface area contributed by atoms with Gasteiger partial charge < -0.3 is 11.1 Å². The van der Waals surface area contributed by atoms with Crippen molar-refractivity contribution in [1.82, 2.24) is 10.8 Å². The van der Waals surface area contributed by atoms with Gasteiger partial charge in [0.05, 0.1) is 6.61 Å². The van der Waals surface area contributed by atoms with Gasteiger partial charge in [0.25, 0.3) is 0 Å². The van der Waals surface area contributed by atoms with Crippen LogP contribution in [0.3, 0.4) is 0 Å². The molecule has 4 N–H and O–H groups in total. The molecule has 1 aromatic carbocycles. The molecule has 6 heteroatoms. The molecule has 0 radical (unpaired) electrons. The Morgan fingerprint density at radius 1 is 1.16 bits per heavy atom. The van der Waals surface area contributed by atoms with Crippen molar-refractivity contribution in [1.29, 1.82) is 0 Å². The fourth-order valence-electron chi connectivity index (χ4n) is 1.45. The summed E-state index contributed by atoms with van der Waals surface area (Å²) in [4.78, 5) is 26.9. The largest absolute Gasteiger partial charge is 0.352 e. The van der Waals surface area contributed by atoms with Crippen LogP contribution in [0.1, 0.15) is 24.8 Å². The van der Waals surface area contributed by atoms with Gasteiger partial charge in [-0.3, -0.25) is 9.63 Å². The van der Waals surface area contributed by atoms with E-state index < -0.39 is 6.03 Å². The van der Waals surface area contributed by atoms with Crippen LogP contribution in [0.25, 0.3) is 0 Å². The van der Waals surface area contributed by atoms with E-state index in [9.17, 15) is 9.59 Å². The van der Waals surface area contributed by atoms with Crippen LogP contribution in [-0.2, 0) is 16.2 Å². The van der Waals surface area contributed by atoms with Crippen molar-refractivity contribution in [2.45, 2.75) is 25.9 Å². The SMILES string of the molecule is NC(=O)NCCCCC(=O)NOCc1ccccc1. The number of carbonyl (C=O) groups is 2. The number of benzene rings is 1. The van der Waals surface area contributed by atoms with E-state index in [0.717, 1.165) is 5.56 Å². The summed E-state index contributed by atoms with van der Waals surface area (Å²) >= 11 is 0. The highest BCUT2D eigenvalue weighted by molar-refractivity contribution is 5.74. The lowest BCUT2D eigenvalue weighted by molar-refractivity contribution is -0.134. The first-order valence-electron chi connectivity index (χ1n) is 6.16. The fourth-order valence-corrected chi connectivity index (χ4v) is 1.45. The summed E-state index contributed by atoms with van der Waals surface area (Å²) in [5, 5.41) is 2.46. The monoisotopic (exact) mass is 265 g/mol. The Balaban J connectivity index is 2.01. The summed E-state index contributed by atoms with van der Waals surface area (Å²) < 4.78 is 0. The quantitative estimate of drug-likeness (QED) is 0.485. The van der Waals surface area contributed by atoms with E-state index in [1.54, 1.807) is 0 Å². The van der Waals surface area contributed by atoms with Crippen LogP contribution in [0, 0.1) is 0 Å². The van der Waals surface area contributed by atoms with Crippen LogP contribution in [-0.4, -0.2) is 18.5 Å². The van der Waals surface area contributed by atoms with E-state index in [1.165, 1.54) is 0 Å². The summed E-state index contributed by atoms with van der Waals surface area (Å²) in [6.07, 6.45) is 1.73. The highest BCUT2D eigenvalue weighted by Crippen LogP contribution is 1.99. The average molecular weight is 265 g/mol. The molecule has 0 spiro atoms. The molecule has 3 amide bonds. The molecule has 104 valence electrons. The molecule has 0 heterocycles. The van der Waals surface area contributed by atoms with Gasteiger partial charge in [0.15, 0.2) is 0 Å². The number of hydrogen-bond acceptors (Lipinski definition) is 3. The van der Waals surface area contributed by atoms with Crippen molar-refractivity contribution in [3.05, 3.63) is 35.9 Å². The zero-order valence-electron chi connectivity index (χ0n) is 10.7. The van der Waals surface area contributed by atoms with Crippen LogP contribution in [0.4, 0.5) is 4.79 Å². The summed E-state index contributed by atoms with van der Waals surface area (Å²) in [6, 6.07) is 9.03. The fraction of sp³-hybridized carbons (Fsp3) is 0.385. The summed E-state index contributed by atoms with van der Waals surface area (Å²) in [5.74, 6) is -0.171. The molecule has 0 bridgehead atoms. The minimum absolute atomic E-state index is 0.171. The van der Waals surface area contributed by atoms with Gasteiger partial charge in [-0.05, 0) is 18.4 Å². The Morgan fingerprint density at radius 3 is 2.58 bits per heavy atom. The van der Waals surface area contributed by atoms with Gasteiger partial charge in [-0.25, -0.2) is 10.3 Å². The van der Waals surface area contributed by atoms with Crippen LogP contribution in [0.2, 0.25) is 0 Å². The molecule has 0 fully saturated rings. The first-order chi connectivity index (χ1) is 9.18. The molecule has 0 saturated carbocycles. The first-order valence-corrected chi connectivity index (χ1v) is 6.16. The van der Waals surface area contributed by atoms with Gasteiger partial charge >= 0.3 is 6.03 Å². The highest BCUT2D eigenvalue weighted by atomic mass is 16.6. The molecule has 0 aliphatic carbocycles. The lowest BCUT2D eigenvalue weighted by Gasteiger charge is -2.06. The minimum atomic E-state index is -0.546.